The van der Waals surface area contributed by atoms with Gasteiger partial charge >= 0.3 is 0 Å². The van der Waals surface area contributed by atoms with Crippen LogP contribution >= 0.6 is 11.6 Å². The maximum Gasteiger partial charge on any atom is 0.0408 e. The van der Waals surface area contributed by atoms with Crippen molar-refractivity contribution in [2.24, 2.45) is 5.73 Å². The number of benzene rings is 1. The van der Waals surface area contributed by atoms with Gasteiger partial charge in [0.05, 0.1) is 0 Å². The van der Waals surface area contributed by atoms with E-state index in [-0.39, 0.29) is 5.41 Å². The van der Waals surface area contributed by atoms with Crippen molar-refractivity contribution in [2.45, 2.75) is 32.1 Å². The van der Waals surface area contributed by atoms with E-state index in [2.05, 4.69) is 19.9 Å². The Kier molecular flexibility index (Phi) is 3.97. The van der Waals surface area contributed by atoms with E-state index in [1.54, 1.807) is 0 Å². The first kappa shape index (κ1) is 11.5. The molecule has 0 aliphatic rings. The fourth-order valence-electron chi connectivity index (χ4n) is 1.88. The number of hydrogen-bond donors (Lipinski definition) is 1. The average Bonchev–Trinajstić information content (AvgIpc) is 2.22. The van der Waals surface area contributed by atoms with E-state index in [0.29, 0.717) is 6.54 Å². The summed E-state index contributed by atoms with van der Waals surface area (Å²) in [7, 11) is 0. The molecule has 0 fully saturated rings. The molecular weight excluding hydrogens is 194 g/mol. The van der Waals surface area contributed by atoms with E-state index in [9.17, 15) is 0 Å². The van der Waals surface area contributed by atoms with Gasteiger partial charge in [-0.15, -0.1) is 0 Å². The van der Waals surface area contributed by atoms with E-state index in [4.69, 9.17) is 17.3 Å². The second kappa shape index (κ2) is 4.81. The number of nitrogens with two attached hydrogens (primary N) is 1. The molecule has 0 radical (unpaired) electrons. The predicted molar refractivity (Wildman–Crippen MR) is 62.8 cm³/mol. The van der Waals surface area contributed by atoms with Crippen molar-refractivity contribution in [2.75, 3.05) is 6.54 Å². The molecule has 2 N–H and O–H groups in total. The lowest BCUT2D eigenvalue weighted by Crippen LogP contribution is -2.33. The molecule has 1 aromatic carbocycles. The largest absolute Gasteiger partial charge is 0.330 e. The van der Waals surface area contributed by atoms with Crippen LogP contribution in [-0.2, 0) is 5.41 Å². The lowest BCUT2D eigenvalue weighted by atomic mass is 9.76. The number of halogens is 1. The zero-order valence-corrected chi connectivity index (χ0v) is 9.64. The van der Waals surface area contributed by atoms with Crippen molar-refractivity contribution < 1.29 is 0 Å². The Balaban J connectivity index is 3.10. The highest BCUT2D eigenvalue weighted by Gasteiger charge is 2.26. The summed E-state index contributed by atoms with van der Waals surface area (Å²) in [6.07, 6.45) is 2.11. The fraction of sp³-hybridized carbons (Fsp3) is 0.500. The molecule has 0 saturated carbocycles. The molecular formula is C12H18ClN. The molecule has 1 rings (SSSR count). The smallest absolute Gasteiger partial charge is 0.0408 e. The van der Waals surface area contributed by atoms with Crippen LogP contribution in [0.2, 0.25) is 5.02 Å². The third kappa shape index (κ3) is 2.10. The van der Waals surface area contributed by atoms with Crippen molar-refractivity contribution in [1.82, 2.24) is 0 Å². The lowest BCUT2D eigenvalue weighted by Gasteiger charge is -2.30. The first-order valence-electron chi connectivity index (χ1n) is 5.14. The molecule has 78 valence electrons. The normalized spacial score (nSPS) is 11.7. The molecule has 2 heteroatoms. The van der Waals surface area contributed by atoms with E-state index in [0.717, 1.165) is 17.9 Å². The van der Waals surface area contributed by atoms with Crippen LogP contribution < -0.4 is 5.73 Å². The number of hydrogen-bond acceptors (Lipinski definition) is 1. The van der Waals surface area contributed by atoms with Crippen molar-refractivity contribution >= 4 is 11.6 Å². The molecule has 0 amide bonds. The van der Waals surface area contributed by atoms with Gasteiger partial charge in [-0.05, 0) is 30.5 Å². The lowest BCUT2D eigenvalue weighted by molar-refractivity contribution is 0.407. The van der Waals surface area contributed by atoms with Crippen LogP contribution in [0.4, 0.5) is 0 Å². The first-order chi connectivity index (χ1) is 6.68. The Hall–Kier alpha value is -0.530. The van der Waals surface area contributed by atoms with Gasteiger partial charge in [0.15, 0.2) is 0 Å². The minimum absolute atomic E-state index is 0.102. The van der Waals surface area contributed by atoms with E-state index in [1.807, 2.05) is 18.2 Å². The third-order valence-corrected chi connectivity index (χ3v) is 3.42. The summed E-state index contributed by atoms with van der Waals surface area (Å²) in [5.74, 6) is 0. The predicted octanol–water partition coefficient (Wildman–Crippen LogP) is 3.36. The van der Waals surface area contributed by atoms with Gasteiger partial charge < -0.3 is 5.73 Å². The quantitative estimate of drug-likeness (QED) is 0.812. The van der Waals surface area contributed by atoms with Gasteiger partial charge in [-0.3, -0.25) is 0 Å². The van der Waals surface area contributed by atoms with Crippen LogP contribution in [0.3, 0.4) is 0 Å². The molecule has 14 heavy (non-hydrogen) atoms. The van der Waals surface area contributed by atoms with Crippen molar-refractivity contribution in [3.8, 4) is 0 Å². The molecule has 0 heterocycles. The Morgan fingerprint density at radius 3 is 2.36 bits per heavy atom. The summed E-state index contributed by atoms with van der Waals surface area (Å²) in [6, 6.07) is 8.04. The summed E-state index contributed by atoms with van der Waals surface area (Å²) in [4.78, 5) is 0. The minimum Gasteiger partial charge on any atom is -0.330 e. The van der Waals surface area contributed by atoms with Crippen LogP contribution in [0, 0.1) is 0 Å². The Morgan fingerprint density at radius 2 is 1.93 bits per heavy atom. The highest BCUT2D eigenvalue weighted by atomic mass is 35.5. The van der Waals surface area contributed by atoms with Crippen LogP contribution in [-0.4, -0.2) is 6.54 Å². The molecule has 1 aromatic rings. The Labute approximate surface area is 91.3 Å². The molecule has 0 atom stereocenters. The molecule has 1 nitrogen and oxygen atoms in total. The summed E-state index contributed by atoms with van der Waals surface area (Å²) < 4.78 is 0. The van der Waals surface area contributed by atoms with Gasteiger partial charge in [-0.25, -0.2) is 0 Å². The third-order valence-electron chi connectivity index (χ3n) is 3.18. The maximum atomic E-state index is 5.98. The molecule has 0 unspecified atom stereocenters. The summed E-state index contributed by atoms with van der Waals surface area (Å²) in [5.41, 5.74) is 7.23. The van der Waals surface area contributed by atoms with Crippen LogP contribution in [0.1, 0.15) is 32.3 Å². The molecule has 0 aliphatic heterocycles. The molecule has 0 aliphatic carbocycles. The van der Waals surface area contributed by atoms with E-state index >= 15 is 0 Å². The summed E-state index contributed by atoms with van der Waals surface area (Å²) in [6.45, 7) is 5.04. The van der Waals surface area contributed by atoms with Gasteiger partial charge in [0.2, 0.25) is 0 Å². The van der Waals surface area contributed by atoms with Crippen molar-refractivity contribution in [1.29, 1.82) is 0 Å². The van der Waals surface area contributed by atoms with Gasteiger partial charge in [-0.1, -0.05) is 37.6 Å². The number of rotatable bonds is 4. The Morgan fingerprint density at radius 1 is 1.29 bits per heavy atom. The average molecular weight is 212 g/mol. The van der Waals surface area contributed by atoms with Gasteiger partial charge in [0.25, 0.3) is 0 Å². The second-order valence-corrected chi connectivity index (χ2v) is 4.14. The van der Waals surface area contributed by atoms with Crippen LogP contribution in [0.5, 0.6) is 0 Å². The van der Waals surface area contributed by atoms with Crippen molar-refractivity contribution in [3.05, 3.63) is 34.9 Å². The van der Waals surface area contributed by atoms with E-state index in [1.165, 1.54) is 5.56 Å². The molecule has 0 bridgehead atoms. The molecule has 0 spiro atoms. The monoisotopic (exact) mass is 211 g/mol. The topological polar surface area (TPSA) is 26.0 Å². The zero-order valence-electron chi connectivity index (χ0n) is 8.89. The van der Waals surface area contributed by atoms with Crippen molar-refractivity contribution in [3.63, 3.8) is 0 Å². The zero-order chi connectivity index (χ0) is 10.6. The van der Waals surface area contributed by atoms with Gasteiger partial charge in [-0.2, -0.15) is 0 Å². The Bertz CT molecular complexity index is 284. The second-order valence-electron chi connectivity index (χ2n) is 3.70. The first-order valence-corrected chi connectivity index (χ1v) is 5.52. The van der Waals surface area contributed by atoms with Gasteiger partial charge in [0.1, 0.15) is 0 Å². The van der Waals surface area contributed by atoms with Crippen LogP contribution in [0.15, 0.2) is 24.3 Å². The summed E-state index contributed by atoms with van der Waals surface area (Å²) in [5, 5.41) is 0.794. The maximum absolute atomic E-state index is 5.98. The fourth-order valence-corrected chi connectivity index (χ4v) is 2.07. The SMILES string of the molecule is CCC(CC)(CN)c1cccc(Cl)c1. The highest BCUT2D eigenvalue weighted by molar-refractivity contribution is 6.30. The molecule has 0 aromatic heterocycles. The summed E-state index contributed by atoms with van der Waals surface area (Å²) >= 11 is 5.98. The standard InChI is InChI=1S/C12H18ClN/c1-3-12(4-2,9-14)10-6-5-7-11(13)8-10/h5-8H,3-4,9,14H2,1-2H3. The molecule has 0 saturated heterocycles. The van der Waals surface area contributed by atoms with Gasteiger partial charge in [0, 0.05) is 17.0 Å². The minimum atomic E-state index is 0.102. The van der Waals surface area contributed by atoms with Crippen LogP contribution in [0.25, 0.3) is 0 Å². The van der Waals surface area contributed by atoms with E-state index < -0.39 is 0 Å². The highest BCUT2D eigenvalue weighted by Crippen LogP contribution is 2.31.